The molecule has 4 rings (SSSR count). The van der Waals surface area contributed by atoms with Gasteiger partial charge in [-0.25, -0.2) is 13.9 Å². The van der Waals surface area contributed by atoms with Crippen molar-refractivity contribution in [2.24, 2.45) is 0 Å². The maximum absolute atomic E-state index is 13.6. The van der Waals surface area contributed by atoms with Crippen LogP contribution < -0.4 is 4.90 Å². The molecule has 0 bridgehead atoms. The molecule has 0 aliphatic carbocycles. The van der Waals surface area contributed by atoms with Crippen molar-refractivity contribution in [3.05, 3.63) is 59.3 Å². The Morgan fingerprint density at radius 1 is 1.30 bits per heavy atom. The maximum Gasteiger partial charge on any atom is 0.263 e. The smallest absolute Gasteiger partial charge is 0.263 e. The van der Waals surface area contributed by atoms with Gasteiger partial charge in [0.15, 0.2) is 5.65 Å². The van der Waals surface area contributed by atoms with Gasteiger partial charge in [0.1, 0.15) is 11.4 Å². The summed E-state index contributed by atoms with van der Waals surface area (Å²) in [6.45, 7) is 2.44. The van der Waals surface area contributed by atoms with Gasteiger partial charge in [-0.05, 0) is 43.5 Å². The Morgan fingerprint density at radius 2 is 2.17 bits per heavy atom. The van der Waals surface area contributed by atoms with Crippen LogP contribution in [0.15, 0.2) is 36.7 Å². The summed E-state index contributed by atoms with van der Waals surface area (Å²) in [5.41, 5.74) is 3.42. The minimum atomic E-state index is -0.336. The van der Waals surface area contributed by atoms with E-state index in [1.807, 2.05) is 13.0 Å². The van der Waals surface area contributed by atoms with Crippen molar-refractivity contribution in [1.82, 2.24) is 14.6 Å². The molecule has 0 N–H and O–H groups in total. The molecular formula is C17H15FN4O. The third-order valence-corrected chi connectivity index (χ3v) is 4.15. The monoisotopic (exact) mass is 310 g/mol. The molecule has 0 fully saturated rings. The number of nitrogens with zero attached hydrogens (tertiary/aromatic N) is 4. The van der Waals surface area contributed by atoms with Crippen LogP contribution in [-0.2, 0) is 6.42 Å². The Hall–Kier alpha value is -2.76. The second kappa shape index (κ2) is 5.15. The quantitative estimate of drug-likeness (QED) is 0.694. The highest BCUT2D eigenvalue weighted by atomic mass is 19.1. The first-order chi connectivity index (χ1) is 11.1. The van der Waals surface area contributed by atoms with E-state index >= 15 is 0 Å². The molecule has 2 aromatic heterocycles. The van der Waals surface area contributed by atoms with Crippen molar-refractivity contribution in [3.8, 4) is 0 Å². The lowest BCUT2D eigenvalue weighted by Crippen LogP contribution is -2.35. The molecule has 23 heavy (non-hydrogen) atoms. The van der Waals surface area contributed by atoms with Crippen molar-refractivity contribution in [1.29, 1.82) is 0 Å². The molecule has 3 heterocycles. The van der Waals surface area contributed by atoms with Crippen LogP contribution in [0.2, 0.25) is 0 Å². The number of aromatic nitrogens is 3. The minimum Gasteiger partial charge on any atom is -0.308 e. The number of carbonyl (C=O) groups excluding carboxylic acids is 1. The molecule has 0 atom stereocenters. The molecule has 5 nitrogen and oxygen atoms in total. The fourth-order valence-corrected chi connectivity index (χ4v) is 3.01. The van der Waals surface area contributed by atoms with Crippen LogP contribution in [0.1, 0.15) is 28.0 Å². The first-order valence-corrected chi connectivity index (χ1v) is 7.55. The Morgan fingerprint density at radius 3 is 3.04 bits per heavy atom. The SMILES string of the molecule is Cc1ccn2ncc(C(=O)N3CCCc4ccc(F)cc43)c2n1. The van der Waals surface area contributed by atoms with Crippen LogP contribution in [0.4, 0.5) is 10.1 Å². The average molecular weight is 310 g/mol. The Labute approximate surface area is 132 Å². The molecule has 1 amide bonds. The number of benzene rings is 1. The molecule has 0 radical (unpaired) electrons. The number of halogens is 1. The Kier molecular flexibility index (Phi) is 3.11. The second-order valence-corrected chi connectivity index (χ2v) is 5.73. The molecule has 6 heteroatoms. The van der Waals surface area contributed by atoms with Crippen molar-refractivity contribution >= 4 is 17.2 Å². The molecule has 3 aromatic rings. The number of aryl methyl sites for hydroxylation is 2. The van der Waals surface area contributed by atoms with E-state index in [0.717, 1.165) is 24.1 Å². The van der Waals surface area contributed by atoms with Gasteiger partial charge < -0.3 is 4.90 Å². The molecule has 0 unspecified atom stereocenters. The van der Waals surface area contributed by atoms with Crippen LogP contribution in [-0.4, -0.2) is 27.0 Å². The first-order valence-electron chi connectivity index (χ1n) is 7.55. The molecule has 1 aliphatic heterocycles. The van der Waals surface area contributed by atoms with Gasteiger partial charge in [-0.15, -0.1) is 0 Å². The van der Waals surface area contributed by atoms with Gasteiger partial charge in [0.05, 0.1) is 11.9 Å². The van der Waals surface area contributed by atoms with Gasteiger partial charge in [0, 0.05) is 18.4 Å². The van der Waals surface area contributed by atoms with Gasteiger partial charge in [-0.2, -0.15) is 5.10 Å². The number of amides is 1. The lowest BCUT2D eigenvalue weighted by atomic mass is 10.0. The standard InChI is InChI=1S/C17H15FN4O/c1-11-6-8-22-16(20-11)14(10-19-22)17(23)21-7-2-3-12-4-5-13(18)9-15(12)21/h4-6,8-10H,2-3,7H2,1H3. The van der Waals surface area contributed by atoms with E-state index in [0.29, 0.717) is 23.4 Å². The second-order valence-electron chi connectivity index (χ2n) is 5.73. The number of hydrogen-bond donors (Lipinski definition) is 0. The fourth-order valence-electron chi connectivity index (χ4n) is 3.01. The summed E-state index contributed by atoms with van der Waals surface area (Å²) in [5, 5.41) is 4.18. The number of hydrogen-bond acceptors (Lipinski definition) is 3. The van der Waals surface area contributed by atoms with Crippen LogP contribution in [0.25, 0.3) is 5.65 Å². The number of carbonyl (C=O) groups is 1. The van der Waals surface area contributed by atoms with E-state index in [4.69, 9.17) is 0 Å². The van der Waals surface area contributed by atoms with E-state index < -0.39 is 0 Å². The van der Waals surface area contributed by atoms with Crippen LogP contribution in [0, 0.1) is 12.7 Å². The van der Waals surface area contributed by atoms with E-state index in [-0.39, 0.29) is 11.7 Å². The highest BCUT2D eigenvalue weighted by molar-refractivity contribution is 6.10. The third kappa shape index (κ3) is 2.27. The zero-order chi connectivity index (χ0) is 16.0. The highest BCUT2D eigenvalue weighted by Gasteiger charge is 2.26. The van der Waals surface area contributed by atoms with E-state index in [1.54, 1.807) is 21.7 Å². The predicted molar refractivity (Wildman–Crippen MR) is 84.1 cm³/mol. The highest BCUT2D eigenvalue weighted by Crippen LogP contribution is 2.29. The number of rotatable bonds is 1. The fraction of sp³-hybridized carbons (Fsp3) is 0.235. The molecular weight excluding hydrogens is 295 g/mol. The summed E-state index contributed by atoms with van der Waals surface area (Å²) >= 11 is 0. The van der Waals surface area contributed by atoms with Crippen LogP contribution in [0.3, 0.4) is 0 Å². The summed E-state index contributed by atoms with van der Waals surface area (Å²) in [6.07, 6.45) is 5.01. The van der Waals surface area contributed by atoms with Crippen LogP contribution >= 0.6 is 0 Å². The molecule has 0 saturated carbocycles. The van der Waals surface area contributed by atoms with Gasteiger partial charge in [0.2, 0.25) is 0 Å². The van der Waals surface area contributed by atoms with Crippen molar-refractivity contribution in [2.45, 2.75) is 19.8 Å². The van der Waals surface area contributed by atoms with Crippen molar-refractivity contribution < 1.29 is 9.18 Å². The number of anilines is 1. The van der Waals surface area contributed by atoms with Gasteiger partial charge in [-0.1, -0.05) is 6.07 Å². The lowest BCUT2D eigenvalue weighted by Gasteiger charge is -2.29. The van der Waals surface area contributed by atoms with Crippen molar-refractivity contribution in [3.63, 3.8) is 0 Å². The zero-order valence-corrected chi connectivity index (χ0v) is 12.7. The summed E-state index contributed by atoms with van der Waals surface area (Å²) in [5.74, 6) is -0.526. The summed E-state index contributed by atoms with van der Waals surface area (Å²) in [4.78, 5) is 19.0. The molecule has 1 aliphatic rings. The van der Waals surface area contributed by atoms with Gasteiger partial charge in [-0.3, -0.25) is 4.79 Å². The zero-order valence-electron chi connectivity index (χ0n) is 12.7. The molecule has 0 spiro atoms. The first kappa shape index (κ1) is 13.9. The largest absolute Gasteiger partial charge is 0.308 e. The number of fused-ring (bicyclic) bond motifs is 2. The van der Waals surface area contributed by atoms with E-state index in [9.17, 15) is 9.18 Å². The van der Waals surface area contributed by atoms with Crippen molar-refractivity contribution in [2.75, 3.05) is 11.4 Å². The molecule has 1 aromatic carbocycles. The summed E-state index contributed by atoms with van der Waals surface area (Å²) in [7, 11) is 0. The van der Waals surface area contributed by atoms with E-state index in [2.05, 4.69) is 10.1 Å². The normalized spacial score (nSPS) is 14.1. The van der Waals surface area contributed by atoms with Gasteiger partial charge >= 0.3 is 0 Å². The summed E-state index contributed by atoms with van der Waals surface area (Å²) < 4.78 is 15.2. The van der Waals surface area contributed by atoms with Crippen LogP contribution in [0.5, 0.6) is 0 Å². The third-order valence-electron chi connectivity index (χ3n) is 4.15. The minimum absolute atomic E-state index is 0.190. The predicted octanol–water partition coefficient (Wildman–Crippen LogP) is 2.77. The average Bonchev–Trinajstić information content (AvgIpc) is 2.96. The van der Waals surface area contributed by atoms with Gasteiger partial charge in [0.25, 0.3) is 5.91 Å². The maximum atomic E-state index is 13.6. The lowest BCUT2D eigenvalue weighted by molar-refractivity contribution is 0.0986. The summed E-state index contributed by atoms with van der Waals surface area (Å²) in [6, 6.07) is 6.45. The topological polar surface area (TPSA) is 50.5 Å². The Bertz CT molecular complexity index is 918. The Balaban J connectivity index is 1.81. The van der Waals surface area contributed by atoms with E-state index in [1.165, 1.54) is 18.3 Å². The molecule has 116 valence electrons. The molecule has 0 saturated heterocycles.